The van der Waals surface area contributed by atoms with Crippen LogP contribution < -0.4 is 0 Å². The molecule has 3 heteroatoms. The normalized spacial score (nSPS) is 15.6. The summed E-state index contributed by atoms with van der Waals surface area (Å²) in [6.45, 7) is 14.8. The van der Waals surface area contributed by atoms with Gasteiger partial charge in [-0.1, -0.05) is 20.8 Å². The molecular formula is C14H28O3. The number of rotatable bonds is 5. The van der Waals surface area contributed by atoms with Crippen LogP contribution in [0.4, 0.5) is 0 Å². The van der Waals surface area contributed by atoms with Crippen molar-refractivity contribution in [2.75, 3.05) is 0 Å². The average Bonchev–Trinajstić information content (AvgIpc) is 2.15. The fourth-order valence-electron chi connectivity index (χ4n) is 1.11. The second kappa shape index (κ2) is 4.97. The third-order valence-corrected chi connectivity index (χ3v) is 4.31. The monoisotopic (exact) mass is 244 g/mol. The molecule has 0 aliphatic rings. The zero-order valence-corrected chi connectivity index (χ0v) is 12.5. The van der Waals surface area contributed by atoms with Gasteiger partial charge in [0.15, 0.2) is 0 Å². The molecule has 0 saturated heterocycles. The molecule has 0 fully saturated rings. The van der Waals surface area contributed by atoms with Gasteiger partial charge in [0.2, 0.25) is 0 Å². The Bertz CT molecular complexity index is 272. The maximum atomic E-state index is 12.0. The molecule has 0 aromatic carbocycles. The maximum absolute atomic E-state index is 12.0. The summed E-state index contributed by atoms with van der Waals surface area (Å²) in [7, 11) is 0. The van der Waals surface area contributed by atoms with Crippen LogP contribution >= 0.6 is 0 Å². The molecule has 1 atom stereocenters. The zero-order valence-electron chi connectivity index (χ0n) is 12.5. The lowest BCUT2D eigenvalue weighted by Gasteiger charge is -2.42. The third-order valence-electron chi connectivity index (χ3n) is 4.31. The van der Waals surface area contributed by atoms with Crippen LogP contribution in [0.5, 0.6) is 0 Å². The first kappa shape index (κ1) is 16.4. The molecule has 1 N–H and O–H groups in total. The van der Waals surface area contributed by atoms with E-state index in [1.807, 2.05) is 41.5 Å². The number of carbonyl (C=O) groups is 1. The van der Waals surface area contributed by atoms with Crippen LogP contribution in [0.3, 0.4) is 0 Å². The first-order valence-electron chi connectivity index (χ1n) is 6.29. The lowest BCUT2D eigenvalue weighted by molar-refractivity contribution is -0.175. The van der Waals surface area contributed by atoms with Crippen molar-refractivity contribution >= 4 is 5.97 Å². The Morgan fingerprint density at radius 1 is 1.18 bits per heavy atom. The molecule has 3 nitrogen and oxygen atoms in total. The van der Waals surface area contributed by atoms with Gasteiger partial charge in [-0.2, -0.15) is 0 Å². The summed E-state index contributed by atoms with van der Waals surface area (Å²) >= 11 is 0. The SMILES string of the molecule is CCC(C)(C)C(=O)OC(C)C(C)(C)C(C)(C)O. The number of hydrogen-bond acceptors (Lipinski definition) is 3. The highest BCUT2D eigenvalue weighted by Gasteiger charge is 2.43. The Morgan fingerprint density at radius 3 is 1.88 bits per heavy atom. The molecule has 0 amide bonds. The molecule has 0 aromatic heterocycles. The highest BCUT2D eigenvalue weighted by atomic mass is 16.5. The van der Waals surface area contributed by atoms with Gasteiger partial charge in [-0.15, -0.1) is 0 Å². The number of ether oxygens (including phenoxy) is 1. The summed E-state index contributed by atoms with van der Waals surface area (Å²) in [4.78, 5) is 12.0. The van der Waals surface area contributed by atoms with Crippen LogP contribution in [0, 0.1) is 10.8 Å². The summed E-state index contributed by atoms with van der Waals surface area (Å²) in [5.74, 6) is -0.204. The molecule has 1 unspecified atom stereocenters. The summed E-state index contributed by atoms with van der Waals surface area (Å²) in [6, 6.07) is 0. The van der Waals surface area contributed by atoms with E-state index in [9.17, 15) is 9.90 Å². The van der Waals surface area contributed by atoms with Gasteiger partial charge in [-0.25, -0.2) is 0 Å². The molecule has 0 heterocycles. The van der Waals surface area contributed by atoms with Gasteiger partial charge in [-0.05, 0) is 41.0 Å². The van der Waals surface area contributed by atoms with E-state index >= 15 is 0 Å². The van der Waals surface area contributed by atoms with Crippen molar-refractivity contribution in [3.05, 3.63) is 0 Å². The van der Waals surface area contributed by atoms with Crippen molar-refractivity contribution in [1.82, 2.24) is 0 Å². The number of esters is 1. The number of aliphatic hydroxyl groups is 1. The lowest BCUT2D eigenvalue weighted by atomic mass is 9.73. The Morgan fingerprint density at radius 2 is 1.59 bits per heavy atom. The minimum Gasteiger partial charge on any atom is -0.462 e. The second-order valence-electron chi connectivity index (χ2n) is 6.57. The van der Waals surface area contributed by atoms with E-state index in [0.717, 1.165) is 6.42 Å². The van der Waals surface area contributed by atoms with Crippen LogP contribution in [0.2, 0.25) is 0 Å². The van der Waals surface area contributed by atoms with E-state index in [1.54, 1.807) is 13.8 Å². The Labute approximate surface area is 106 Å². The van der Waals surface area contributed by atoms with Gasteiger partial charge >= 0.3 is 5.97 Å². The van der Waals surface area contributed by atoms with Crippen molar-refractivity contribution in [1.29, 1.82) is 0 Å². The van der Waals surface area contributed by atoms with Gasteiger partial charge in [0.1, 0.15) is 6.10 Å². The summed E-state index contributed by atoms with van der Waals surface area (Å²) in [6.07, 6.45) is 0.405. The van der Waals surface area contributed by atoms with Crippen molar-refractivity contribution in [3.63, 3.8) is 0 Å². The predicted molar refractivity (Wildman–Crippen MR) is 69.7 cm³/mol. The van der Waals surface area contributed by atoms with Crippen LogP contribution in [0.25, 0.3) is 0 Å². The number of carbonyl (C=O) groups excluding carboxylic acids is 1. The summed E-state index contributed by atoms with van der Waals surface area (Å²) < 4.78 is 5.50. The van der Waals surface area contributed by atoms with Crippen molar-refractivity contribution in [2.24, 2.45) is 10.8 Å². The van der Waals surface area contributed by atoms with E-state index in [2.05, 4.69) is 0 Å². The largest absolute Gasteiger partial charge is 0.462 e. The van der Waals surface area contributed by atoms with Crippen LogP contribution in [0.1, 0.15) is 61.8 Å². The first-order chi connectivity index (χ1) is 7.36. The van der Waals surface area contributed by atoms with Crippen molar-refractivity contribution in [2.45, 2.75) is 73.5 Å². The minimum absolute atomic E-state index is 0.204. The molecule has 0 bridgehead atoms. The third kappa shape index (κ3) is 3.70. The lowest BCUT2D eigenvalue weighted by Crippen LogP contribution is -2.48. The molecular weight excluding hydrogens is 216 g/mol. The molecule has 17 heavy (non-hydrogen) atoms. The van der Waals surface area contributed by atoms with Crippen LogP contribution in [0.15, 0.2) is 0 Å². The van der Waals surface area contributed by atoms with Crippen LogP contribution in [-0.4, -0.2) is 22.8 Å². The second-order valence-corrected chi connectivity index (χ2v) is 6.57. The molecule has 0 rings (SSSR count). The van der Waals surface area contributed by atoms with E-state index in [4.69, 9.17) is 4.74 Å². The molecule has 0 aliphatic heterocycles. The summed E-state index contributed by atoms with van der Waals surface area (Å²) in [5.41, 5.74) is -1.86. The predicted octanol–water partition coefficient (Wildman–Crippen LogP) is 3.15. The van der Waals surface area contributed by atoms with Gasteiger partial charge in [0.05, 0.1) is 11.0 Å². The van der Waals surface area contributed by atoms with Crippen LogP contribution in [-0.2, 0) is 9.53 Å². The Hall–Kier alpha value is -0.570. The Balaban J connectivity index is 4.78. The maximum Gasteiger partial charge on any atom is 0.311 e. The molecule has 0 spiro atoms. The topological polar surface area (TPSA) is 46.5 Å². The highest BCUT2D eigenvalue weighted by Crippen LogP contribution is 2.36. The molecule has 0 saturated carbocycles. The zero-order chi connectivity index (χ0) is 14.1. The quantitative estimate of drug-likeness (QED) is 0.756. The van der Waals surface area contributed by atoms with E-state index < -0.39 is 16.4 Å². The van der Waals surface area contributed by atoms with Gasteiger partial charge in [-0.3, -0.25) is 4.79 Å². The average molecular weight is 244 g/mol. The minimum atomic E-state index is -0.900. The standard InChI is InChI=1S/C14H28O3/c1-9-12(3,4)11(15)17-10(2)13(5,6)14(7,8)16/h10,16H,9H2,1-8H3. The molecule has 0 aliphatic carbocycles. The number of hydrogen-bond donors (Lipinski definition) is 1. The van der Waals surface area contributed by atoms with Gasteiger partial charge < -0.3 is 9.84 Å². The van der Waals surface area contributed by atoms with E-state index in [1.165, 1.54) is 0 Å². The Kier molecular flexibility index (Phi) is 4.80. The van der Waals surface area contributed by atoms with Crippen molar-refractivity contribution < 1.29 is 14.6 Å². The fourth-order valence-corrected chi connectivity index (χ4v) is 1.11. The van der Waals surface area contributed by atoms with E-state index in [-0.39, 0.29) is 12.1 Å². The summed E-state index contributed by atoms with van der Waals surface area (Å²) in [5, 5.41) is 10.1. The van der Waals surface area contributed by atoms with Crippen molar-refractivity contribution in [3.8, 4) is 0 Å². The van der Waals surface area contributed by atoms with Gasteiger partial charge in [0.25, 0.3) is 0 Å². The molecule has 0 aromatic rings. The fraction of sp³-hybridized carbons (Fsp3) is 0.929. The molecule has 102 valence electrons. The van der Waals surface area contributed by atoms with Gasteiger partial charge in [0, 0.05) is 5.41 Å². The highest BCUT2D eigenvalue weighted by molar-refractivity contribution is 5.76. The molecule has 0 radical (unpaired) electrons. The first-order valence-corrected chi connectivity index (χ1v) is 6.29. The smallest absolute Gasteiger partial charge is 0.311 e. The van der Waals surface area contributed by atoms with E-state index in [0.29, 0.717) is 0 Å².